The van der Waals surface area contributed by atoms with Gasteiger partial charge in [0.15, 0.2) is 0 Å². The fourth-order valence-electron chi connectivity index (χ4n) is 2.88. The average Bonchev–Trinajstić information content (AvgIpc) is 2.42. The molecule has 0 unspecified atom stereocenters. The summed E-state index contributed by atoms with van der Waals surface area (Å²) in [5, 5.41) is 13.2. The van der Waals surface area contributed by atoms with Crippen LogP contribution >= 0.6 is 0 Å². The van der Waals surface area contributed by atoms with E-state index in [2.05, 4.69) is 5.32 Å². The van der Waals surface area contributed by atoms with E-state index in [0.717, 1.165) is 17.1 Å². The van der Waals surface area contributed by atoms with Crippen molar-refractivity contribution < 1.29 is 19.4 Å². The minimum Gasteiger partial charge on any atom is -0.496 e. The van der Waals surface area contributed by atoms with E-state index >= 15 is 0 Å². The Kier molecular flexibility index (Phi) is 2.86. The molecule has 3 rings (SSSR count). The summed E-state index contributed by atoms with van der Waals surface area (Å²) in [5.41, 5.74) is 0.175. The second kappa shape index (κ2) is 4.42. The third kappa shape index (κ3) is 1.94. The Morgan fingerprint density at radius 3 is 3.16 bits per heavy atom. The number of fused-ring (bicyclic) bond motifs is 1. The number of nitrogens with one attached hydrogen (secondary N) is 1. The van der Waals surface area contributed by atoms with Crippen LogP contribution in [0.15, 0.2) is 18.2 Å². The third-order valence-electron chi connectivity index (χ3n) is 3.96. The molecular formula is C14H17NO4. The number of methoxy groups -OCH3 is 1. The van der Waals surface area contributed by atoms with Crippen molar-refractivity contribution in [3.63, 3.8) is 0 Å². The van der Waals surface area contributed by atoms with Gasteiger partial charge >= 0.3 is 0 Å². The molecule has 2 heterocycles. The predicted molar refractivity (Wildman–Crippen MR) is 68.3 cm³/mol. The lowest BCUT2D eigenvalue weighted by Crippen LogP contribution is -2.65. The summed E-state index contributed by atoms with van der Waals surface area (Å²) in [5.74, 6) is 1.45. The number of hydrogen-bond donors (Lipinski definition) is 2. The summed E-state index contributed by atoms with van der Waals surface area (Å²) in [7, 11) is 1.60. The molecule has 0 bridgehead atoms. The Bertz CT molecular complexity index is 502. The Morgan fingerprint density at radius 2 is 2.37 bits per heavy atom. The van der Waals surface area contributed by atoms with Crippen molar-refractivity contribution in [1.29, 1.82) is 0 Å². The maximum Gasteiger partial charge on any atom is 0.220 e. The minimum atomic E-state index is -0.725. The molecular weight excluding hydrogens is 246 g/mol. The van der Waals surface area contributed by atoms with Crippen molar-refractivity contribution in [1.82, 2.24) is 5.32 Å². The molecule has 5 nitrogen and oxygen atoms in total. The van der Waals surface area contributed by atoms with Gasteiger partial charge in [0.25, 0.3) is 0 Å². The van der Waals surface area contributed by atoms with Crippen molar-refractivity contribution in [3.05, 3.63) is 23.8 Å². The first-order valence-electron chi connectivity index (χ1n) is 6.42. The van der Waals surface area contributed by atoms with E-state index in [1.54, 1.807) is 7.11 Å². The smallest absolute Gasteiger partial charge is 0.220 e. The van der Waals surface area contributed by atoms with E-state index in [0.29, 0.717) is 25.9 Å². The van der Waals surface area contributed by atoms with Crippen LogP contribution in [0.3, 0.4) is 0 Å². The number of carbonyl (C=O) groups is 1. The molecule has 19 heavy (non-hydrogen) atoms. The standard InChI is InChI=1S/C14H17NO4/c1-18-10-3-2-4-11-9(10)7-14(8-19-11)12(16)5-6-13(17)15-14/h2-4,12,16H,5-8H2,1H3,(H,15,17)/t12-,14-/m0/s1. The summed E-state index contributed by atoms with van der Waals surface area (Å²) < 4.78 is 11.1. The molecule has 102 valence electrons. The summed E-state index contributed by atoms with van der Waals surface area (Å²) in [6.07, 6.45) is 0.768. The maximum atomic E-state index is 11.6. The molecule has 2 atom stereocenters. The SMILES string of the molecule is COc1cccc2c1C[C@@]1(CO2)NC(=O)CC[C@@H]1O. The first-order valence-corrected chi connectivity index (χ1v) is 6.42. The molecule has 2 aliphatic heterocycles. The maximum absolute atomic E-state index is 11.6. The van der Waals surface area contributed by atoms with E-state index in [-0.39, 0.29) is 5.91 Å². The number of amides is 1. The Labute approximate surface area is 111 Å². The second-order valence-corrected chi connectivity index (χ2v) is 5.16. The zero-order valence-electron chi connectivity index (χ0n) is 10.8. The highest BCUT2D eigenvalue weighted by Crippen LogP contribution is 2.38. The normalized spacial score (nSPS) is 29.4. The first kappa shape index (κ1) is 12.3. The lowest BCUT2D eigenvalue weighted by atomic mass is 9.79. The molecule has 2 N–H and O–H groups in total. The van der Waals surface area contributed by atoms with Gasteiger partial charge < -0.3 is 19.9 Å². The van der Waals surface area contributed by atoms with Gasteiger partial charge in [-0.1, -0.05) is 6.07 Å². The van der Waals surface area contributed by atoms with E-state index in [1.165, 1.54) is 0 Å². The van der Waals surface area contributed by atoms with Crippen LogP contribution in [0.25, 0.3) is 0 Å². The molecule has 1 aromatic rings. The fourth-order valence-corrected chi connectivity index (χ4v) is 2.88. The van der Waals surface area contributed by atoms with Crippen molar-refractivity contribution >= 4 is 5.91 Å². The van der Waals surface area contributed by atoms with Crippen LogP contribution in [0.4, 0.5) is 0 Å². The number of aliphatic hydroxyl groups excluding tert-OH is 1. The van der Waals surface area contributed by atoms with Gasteiger partial charge in [-0.2, -0.15) is 0 Å². The lowest BCUT2D eigenvalue weighted by molar-refractivity contribution is -0.131. The topological polar surface area (TPSA) is 67.8 Å². The number of piperidine rings is 1. The van der Waals surface area contributed by atoms with Gasteiger partial charge in [-0.05, 0) is 18.6 Å². The van der Waals surface area contributed by atoms with E-state index in [1.807, 2.05) is 18.2 Å². The van der Waals surface area contributed by atoms with Crippen molar-refractivity contribution in [2.45, 2.75) is 30.9 Å². The Morgan fingerprint density at radius 1 is 1.53 bits per heavy atom. The number of carbonyl (C=O) groups excluding carboxylic acids is 1. The molecule has 0 radical (unpaired) electrons. The second-order valence-electron chi connectivity index (χ2n) is 5.16. The van der Waals surface area contributed by atoms with Crippen LogP contribution in [0.5, 0.6) is 11.5 Å². The van der Waals surface area contributed by atoms with Crippen LogP contribution in [-0.2, 0) is 11.2 Å². The number of benzene rings is 1. The zero-order chi connectivity index (χ0) is 13.5. The number of aliphatic hydroxyl groups is 1. The number of rotatable bonds is 1. The summed E-state index contributed by atoms with van der Waals surface area (Å²) in [6.45, 7) is 0.292. The molecule has 1 aromatic carbocycles. The van der Waals surface area contributed by atoms with Crippen LogP contribution < -0.4 is 14.8 Å². The summed E-state index contributed by atoms with van der Waals surface area (Å²) in [4.78, 5) is 11.6. The molecule has 1 saturated heterocycles. The monoisotopic (exact) mass is 263 g/mol. The van der Waals surface area contributed by atoms with Gasteiger partial charge in [0.2, 0.25) is 5.91 Å². The highest BCUT2D eigenvalue weighted by Gasteiger charge is 2.46. The highest BCUT2D eigenvalue weighted by atomic mass is 16.5. The molecule has 1 fully saturated rings. The quantitative estimate of drug-likeness (QED) is 0.780. The summed E-state index contributed by atoms with van der Waals surface area (Å²) >= 11 is 0. The van der Waals surface area contributed by atoms with Crippen LogP contribution in [0, 0.1) is 0 Å². The van der Waals surface area contributed by atoms with Gasteiger partial charge in [-0.25, -0.2) is 0 Å². The molecule has 0 aromatic heterocycles. The predicted octanol–water partition coefficient (Wildman–Crippen LogP) is 0.640. The molecule has 5 heteroatoms. The largest absolute Gasteiger partial charge is 0.496 e. The fraction of sp³-hybridized carbons (Fsp3) is 0.500. The molecule has 0 saturated carbocycles. The molecule has 1 amide bonds. The Balaban J connectivity index is 1.98. The van der Waals surface area contributed by atoms with Crippen molar-refractivity contribution in [3.8, 4) is 11.5 Å². The molecule has 1 spiro atoms. The summed E-state index contributed by atoms with van der Waals surface area (Å²) in [6, 6.07) is 5.60. The lowest BCUT2D eigenvalue weighted by Gasteiger charge is -2.44. The third-order valence-corrected chi connectivity index (χ3v) is 3.96. The number of ether oxygens (including phenoxy) is 2. The van der Waals surface area contributed by atoms with Gasteiger partial charge in [-0.3, -0.25) is 4.79 Å². The average molecular weight is 263 g/mol. The van der Waals surface area contributed by atoms with Crippen LogP contribution in [0.1, 0.15) is 18.4 Å². The minimum absolute atomic E-state index is 0.0350. The van der Waals surface area contributed by atoms with Crippen LogP contribution in [-0.4, -0.2) is 36.4 Å². The van der Waals surface area contributed by atoms with E-state index < -0.39 is 11.6 Å². The zero-order valence-corrected chi connectivity index (χ0v) is 10.8. The Hall–Kier alpha value is -1.75. The van der Waals surface area contributed by atoms with Gasteiger partial charge in [0, 0.05) is 18.4 Å². The van der Waals surface area contributed by atoms with Gasteiger partial charge in [-0.15, -0.1) is 0 Å². The number of hydrogen-bond acceptors (Lipinski definition) is 4. The van der Waals surface area contributed by atoms with Gasteiger partial charge in [0.05, 0.1) is 13.2 Å². The van der Waals surface area contributed by atoms with Crippen molar-refractivity contribution in [2.24, 2.45) is 0 Å². The molecule has 0 aliphatic carbocycles. The molecule has 2 aliphatic rings. The van der Waals surface area contributed by atoms with Crippen molar-refractivity contribution in [2.75, 3.05) is 13.7 Å². The van der Waals surface area contributed by atoms with E-state index in [4.69, 9.17) is 9.47 Å². The van der Waals surface area contributed by atoms with Gasteiger partial charge in [0.1, 0.15) is 23.6 Å². The van der Waals surface area contributed by atoms with Crippen LogP contribution in [0.2, 0.25) is 0 Å². The highest BCUT2D eigenvalue weighted by molar-refractivity contribution is 5.78. The first-order chi connectivity index (χ1) is 9.14. The van der Waals surface area contributed by atoms with E-state index in [9.17, 15) is 9.90 Å².